The average molecular weight is 276 g/mol. The first kappa shape index (κ1) is 14.7. The molecule has 1 saturated carbocycles. The summed E-state index contributed by atoms with van der Waals surface area (Å²) in [5.41, 5.74) is 0.457. The number of carbonyl (C=O) groups excluding carboxylic acids is 1. The average Bonchev–Trinajstić information content (AvgIpc) is 2.38. The van der Waals surface area contributed by atoms with Crippen molar-refractivity contribution in [1.29, 1.82) is 0 Å². The van der Waals surface area contributed by atoms with E-state index in [1.165, 1.54) is 0 Å². The third-order valence-electron chi connectivity index (χ3n) is 4.20. The maximum Gasteiger partial charge on any atom is 0.309 e. The Morgan fingerprint density at radius 3 is 2.55 bits per heavy atom. The Labute approximate surface area is 118 Å². The summed E-state index contributed by atoms with van der Waals surface area (Å²) in [6.45, 7) is 3.73. The van der Waals surface area contributed by atoms with Gasteiger partial charge in [0.25, 0.3) is 0 Å². The zero-order valence-corrected chi connectivity index (χ0v) is 11.8. The first-order chi connectivity index (χ1) is 9.36. The second-order valence-electron chi connectivity index (χ2n) is 5.71. The molecule has 4 heteroatoms. The molecule has 1 fully saturated rings. The zero-order valence-electron chi connectivity index (χ0n) is 11.8. The number of aryl methyl sites for hydroxylation is 2. The van der Waals surface area contributed by atoms with Crippen LogP contribution in [0.3, 0.4) is 0 Å². The van der Waals surface area contributed by atoms with Crippen LogP contribution in [-0.4, -0.2) is 27.6 Å². The van der Waals surface area contributed by atoms with E-state index in [1.54, 1.807) is 6.07 Å². The zero-order chi connectivity index (χ0) is 14.9. The van der Waals surface area contributed by atoms with Crippen LogP contribution < -0.4 is 0 Å². The Morgan fingerprint density at radius 2 is 1.95 bits per heavy atom. The number of rotatable bonds is 3. The Balaban J connectivity index is 2.41. The molecule has 0 aliphatic heterocycles. The molecule has 1 aromatic carbocycles. The van der Waals surface area contributed by atoms with Gasteiger partial charge >= 0.3 is 5.97 Å². The van der Waals surface area contributed by atoms with Crippen LogP contribution >= 0.6 is 0 Å². The van der Waals surface area contributed by atoms with Crippen molar-refractivity contribution in [2.45, 2.75) is 45.1 Å². The molecule has 108 valence electrons. The number of carbonyl (C=O) groups is 2. The van der Waals surface area contributed by atoms with E-state index in [4.69, 9.17) is 0 Å². The minimum Gasteiger partial charge on any atom is -0.481 e. The number of aliphatic hydroxyl groups is 1. The van der Waals surface area contributed by atoms with Crippen molar-refractivity contribution in [3.63, 3.8) is 0 Å². The summed E-state index contributed by atoms with van der Waals surface area (Å²) in [6, 6.07) is 5.36. The maximum absolute atomic E-state index is 12.7. The summed E-state index contributed by atoms with van der Waals surface area (Å²) in [5, 5.41) is 20.0. The van der Waals surface area contributed by atoms with Gasteiger partial charge < -0.3 is 10.2 Å². The topological polar surface area (TPSA) is 74.6 Å². The number of carboxylic acids is 1. The van der Waals surface area contributed by atoms with E-state index in [1.807, 2.05) is 26.0 Å². The lowest BCUT2D eigenvalue weighted by molar-refractivity contribution is -0.151. The van der Waals surface area contributed by atoms with Gasteiger partial charge in [-0.15, -0.1) is 0 Å². The monoisotopic (exact) mass is 276 g/mol. The molecule has 1 aromatic rings. The third-order valence-corrected chi connectivity index (χ3v) is 4.20. The molecular formula is C16H20O4. The summed E-state index contributed by atoms with van der Waals surface area (Å²) in [6.07, 6.45) is 1.98. The summed E-state index contributed by atoms with van der Waals surface area (Å²) in [7, 11) is 0. The van der Waals surface area contributed by atoms with Gasteiger partial charge in [0.05, 0.1) is 5.92 Å². The van der Waals surface area contributed by atoms with Crippen molar-refractivity contribution in [2.75, 3.05) is 0 Å². The first-order valence-electron chi connectivity index (χ1n) is 6.93. The highest BCUT2D eigenvalue weighted by Gasteiger charge is 2.49. The van der Waals surface area contributed by atoms with Crippen LogP contribution in [0, 0.1) is 19.8 Å². The Bertz CT molecular complexity index is 549. The molecule has 2 atom stereocenters. The van der Waals surface area contributed by atoms with Gasteiger partial charge in [0.2, 0.25) is 0 Å². The number of carboxylic acid groups (broad SMARTS) is 1. The molecule has 1 aliphatic carbocycles. The van der Waals surface area contributed by atoms with Gasteiger partial charge in [0, 0.05) is 5.56 Å². The largest absolute Gasteiger partial charge is 0.481 e. The normalized spacial score (nSPS) is 26.2. The van der Waals surface area contributed by atoms with Gasteiger partial charge in [-0.1, -0.05) is 36.6 Å². The predicted octanol–water partition coefficient (Wildman–Crippen LogP) is 2.49. The second-order valence-corrected chi connectivity index (χ2v) is 5.71. The number of Topliss-reactive ketones (excluding diaryl/α,β-unsaturated/α-hetero) is 1. The van der Waals surface area contributed by atoms with Crippen LogP contribution in [0.4, 0.5) is 0 Å². The van der Waals surface area contributed by atoms with Crippen molar-refractivity contribution in [3.8, 4) is 0 Å². The van der Waals surface area contributed by atoms with E-state index in [0.717, 1.165) is 17.5 Å². The second kappa shape index (κ2) is 5.37. The standard InChI is InChI=1S/C16H20O4/c1-10-6-7-12(11(2)9-10)14(17)16(20)8-4-3-5-13(16)15(18)19/h6-7,9,13,20H,3-5,8H2,1-2H3,(H,18,19). The molecule has 2 N–H and O–H groups in total. The van der Waals surface area contributed by atoms with E-state index < -0.39 is 23.3 Å². The van der Waals surface area contributed by atoms with Crippen molar-refractivity contribution in [2.24, 2.45) is 5.92 Å². The van der Waals surface area contributed by atoms with Gasteiger partial charge in [-0.2, -0.15) is 0 Å². The predicted molar refractivity (Wildman–Crippen MR) is 74.8 cm³/mol. The highest BCUT2D eigenvalue weighted by Crippen LogP contribution is 2.37. The van der Waals surface area contributed by atoms with Crippen LogP contribution in [0.5, 0.6) is 0 Å². The molecule has 0 saturated heterocycles. The smallest absolute Gasteiger partial charge is 0.309 e. The number of ketones is 1. The molecule has 2 unspecified atom stereocenters. The quantitative estimate of drug-likeness (QED) is 0.832. The van der Waals surface area contributed by atoms with E-state index in [9.17, 15) is 19.8 Å². The van der Waals surface area contributed by atoms with E-state index in [2.05, 4.69) is 0 Å². The Morgan fingerprint density at radius 1 is 1.25 bits per heavy atom. The minimum absolute atomic E-state index is 0.218. The molecule has 4 nitrogen and oxygen atoms in total. The highest BCUT2D eigenvalue weighted by molar-refractivity contribution is 6.05. The van der Waals surface area contributed by atoms with Crippen LogP contribution in [0.25, 0.3) is 0 Å². The fraction of sp³-hybridized carbons (Fsp3) is 0.500. The van der Waals surface area contributed by atoms with E-state index in [0.29, 0.717) is 18.4 Å². The first-order valence-corrected chi connectivity index (χ1v) is 6.93. The van der Waals surface area contributed by atoms with Crippen molar-refractivity contribution in [3.05, 3.63) is 34.9 Å². The SMILES string of the molecule is Cc1ccc(C(=O)C2(O)CCCCC2C(=O)O)c(C)c1. The lowest BCUT2D eigenvalue weighted by Gasteiger charge is -2.36. The Kier molecular flexibility index (Phi) is 3.95. The molecule has 0 bridgehead atoms. The Hall–Kier alpha value is -1.68. The molecule has 0 amide bonds. The molecule has 0 heterocycles. The van der Waals surface area contributed by atoms with Crippen LogP contribution in [-0.2, 0) is 4.79 Å². The lowest BCUT2D eigenvalue weighted by Crippen LogP contribution is -2.51. The number of hydrogen-bond acceptors (Lipinski definition) is 3. The third kappa shape index (κ3) is 2.48. The fourth-order valence-corrected chi connectivity index (χ4v) is 3.06. The molecular weight excluding hydrogens is 256 g/mol. The van der Waals surface area contributed by atoms with E-state index in [-0.39, 0.29) is 6.42 Å². The summed E-state index contributed by atoms with van der Waals surface area (Å²) in [5.74, 6) is -2.56. The van der Waals surface area contributed by atoms with Gasteiger partial charge in [-0.05, 0) is 32.3 Å². The van der Waals surface area contributed by atoms with Crippen LogP contribution in [0.15, 0.2) is 18.2 Å². The van der Waals surface area contributed by atoms with E-state index >= 15 is 0 Å². The molecule has 0 spiro atoms. The number of benzene rings is 1. The summed E-state index contributed by atoms with van der Waals surface area (Å²) in [4.78, 5) is 24.0. The molecule has 0 aromatic heterocycles. The molecule has 0 radical (unpaired) electrons. The van der Waals surface area contributed by atoms with Crippen molar-refractivity contribution >= 4 is 11.8 Å². The number of hydrogen-bond donors (Lipinski definition) is 2. The van der Waals surface area contributed by atoms with Gasteiger partial charge in [0.1, 0.15) is 5.60 Å². The van der Waals surface area contributed by atoms with Crippen LogP contribution in [0.2, 0.25) is 0 Å². The lowest BCUT2D eigenvalue weighted by atomic mass is 9.71. The molecule has 20 heavy (non-hydrogen) atoms. The van der Waals surface area contributed by atoms with Crippen LogP contribution in [0.1, 0.15) is 47.2 Å². The summed E-state index contributed by atoms with van der Waals surface area (Å²) < 4.78 is 0. The van der Waals surface area contributed by atoms with Crippen molar-refractivity contribution in [1.82, 2.24) is 0 Å². The van der Waals surface area contributed by atoms with Crippen molar-refractivity contribution < 1.29 is 19.8 Å². The maximum atomic E-state index is 12.7. The summed E-state index contributed by atoms with van der Waals surface area (Å²) >= 11 is 0. The number of aliphatic carboxylic acids is 1. The molecule has 1 aliphatic rings. The highest BCUT2D eigenvalue weighted by atomic mass is 16.4. The minimum atomic E-state index is -1.77. The van der Waals surface area contributed by atoms with Gasteiger partial charge in [-0.25, -0.2) is 0 Å². The molecule has 2 rings (SSSR count). The van der Waals surface area contributed by atoms with Gasteiger partial charge in [-0.3, -0.25) is 9.59 Å². The fourth-order valence-electron chi connectivity index (χ4n) is 3.06. The van der Waals surface area contributed by atoms with Gasteiger partial charge in [0.15, 0.2) is 5.78 Å².